The van der Waals surface area contributed by atoms with Crippen molar-refractivity contribution in [1.29, 1.82) is 5.26 Å². The van der Waals surface area contributed by atoms with Crippen LogP contribution < -0.4 is 15.5 Å². The maximum Gasteiger partial charge on any atom is 0.191 e. The Morgan fingerprint density at radius 3 is 3.00 bits per heavy atom. The number of para-hydroxylation sites is 1. The zero-order chi connectivity index (χ0) is 19.8. The minimum atomic E-state index is -0.768. The van der Waals surface area contributed by atoms with Crippen LogP contribution in [0.4, 0.5) is 5.69 Å². The second-order valence-corrected chi connectivity index (χ2v) is 6.81. The molecular weight excluding hydrogens is 354 g/mol. The van der Waals surface area contributed by atoms with E-state index < -0.39 is 6.10 Å². The van der Waals surface area contributed by atoms with Crippen LogP contribution in [-0.2, 0) is 0 Å². The Balaban J connectivity index is 1.64. The highest BCUT2D eigenvalue weighted by molar-refractivity contribution is 5.80. The van der Waals surface area contributed by atoms with E-state index in [0.717, 1.165) is 38.2 Å². The highest BCUT2D eigenvalue weighted by Gasteiger charge is 2.22. The fourth-order valence-electron chi connectivity index (χ4n) is 3.42. The first kappa shape index (κ1) is 19.8. The van der Waals surface area contributed by atoms with Crippen molar-refractivity contribution in [3.8, 4) is 6.07 Å². The van der Waals surface area contributed by atoms with Crippen molar-refractivity contribution in [2.24, 2.45) is 4.99 Å². The Hall–Kier alpha value is -2.98. The van der Waals surface area contributed by atoms with Gasteiger partial charge >= 0.3 is 0 Å². The number of nitriles is 1. The fourth-order valence-corrected chi connectivity index (χ4v) is 3.42. The summed E-state index contributed by atoms with van der Waals surface area (Å²) in [5, 5.41) is 26.3. The number of benzene rings is 1. The standard InChI is InChI=1S/C21H27N5O2/c1-2-23-21(24-14-19(27)20-10-6-12-28-20)25-17-8-5-11-26(15-17)18-9-4-3-7-16(18)13-22/h3-4,6-7,9-10,12,17,19,27H,2,5,8,11,14-15H2,1H3,(H2,23,24,25). The van der Waals surface area contributed by atoms with E-state index >= 15 is 0 Å². The summed E-state index contributed by atoms with van der Waals surface area (Å²) in [5.74, 6) is 1.19. The lowest BCUT2D eigenvalue weighted by Crippen LogP contribution is -2.51. The number of anilines is 1. The Morgan fingerprint density at radius 2 is 2.25 bits per heavy atom. The molecular formula is C21H27N5O2. The van der Waals surface area contributed by atoms with E-state index in [-0.39, 0.29) is 12.6 Å². The van der Waals surface area contributed by atoms with Gasteiger partial charge < -0.3 is 25.1 Å². The summed E-state index contributed by atoms with van der Waals surface area (Å²) in [5.41, 5.74) is 1.68. The number of aliphatic imine (C=N–C) groups is 1. The van der Waals surface area contributed by atoms with Gasteiger partial charge in [0.15, 0.2) is 5.96 Å². The van der Waals surface area contributed by atoms with E-state index in [9.17, 15) is 10.4 Å². The van der Waals surface area contributed by atoms with E-state index in [1.807, 2.05) is 31.2 Å². The highest BCUT2D eigenvalue weighted by Crippen LogP contribution is 2.23. The molecule has 1 saturated heterocycles. The molecule has 0 amide bonds. The third-order valence-electron chi connectivity index (χ3n) is 4.77. The van der Waals surface area contributed by atoms with E-state index in [4.69, 9.17) is 4.42 Å². The number of piperidine rings is 1. The molecule has 2 heterocycles. The number of rotatable bonds is 6. The molecule has 1 aromatic heterocycles. The molecule has 0 saturated carbocycles. The van der Waals surface area contributed by atoms with Gasteiger partial charge in [-0.05, 0) is 44.0 Å². The number of guanidine groups is 1. The summed E-state index contributed by atoms with van der Waals surface area (Å²) in [6, 6.07) is 13.7. The number of hydrogen-bond acceptors (Lipinski definition) is 5. The van der Waals surface area contributed by atoms with E-state index in [1.54, 1.807) is 18.4 Å². The summed E-state index contributed by atoms with van der Waals surface area (Å²) >= 11 is 0. The predicted molar refractivity (Wildman–Crippen MR) is 109 cm³/mol. The average molecular weight is 381 g/mol. The number of nitrogens with one attached hydrogen (secondary N) is 2. The van der Waals surface area contributed by atoms with Crippen molar-refractivity contribution in [3.05, 3.63) is 54.0 Å². The summed E-state index contributed by atoms with van der Waals surface area (Å²) < 4.78 is 5.23. The van der Waals surface area contributed by atoms with Gasteiger partial charge in [-0.15, -0.1) is 0 Å². The third kappa shape index (κ3) is 5.05. The van der Waals surface area contributed by atoms with Crippen LogP contribution in [0.2, 0.25) is 0 Å². The number of nitrogens with zero attached hydrogens (tertiary/aromatic N) is 3. The molecule has 2 atom stereocenters. The molecule has 7 nitrogen and oxygen atoms in total. The maximum atomic E-state index is 10.2. The van der Waals surface area contributed by atoms with Crippen LogP contribution in [0.5, 0.6) is 0 Å². The quantitative estimate of drug-likeness (QED) is 0.525. The van der Waals surface area contributed by atoms with Gasteiger partial charge in [-0.1, -0.05) is 12.1 Å². The summed E-state index contributed by atoms with van der Waals surface area (Å²) in [6.07, 6.45) is 2.83. The molecule has 0 aliphatic carbocycles. The molecule has 3 rings (SSSR count). The molecule has 148 valence electrons. The molecule has 0 bridgehead atoms. The van der Waals surface area contributed by atoms with Crippen LogP contribution in [0.1, 0.15) is 37.2 Å². The molecule has 0 spiro atoms. The zero-order valence-electron chi connectivity index (χ0n) is 16.1. The largest absolute Gasteiger partial charge is 0.467 e. The Morgan fingerprint density at radius 1 is 1.39 bits per heavy atom. The van der Waals surface area contributed by atoms with Gasteiger partial charge in [-0.25, -0.2) is 0 Å². The molecule has 0 radical (unpaired) electrons. The molecule has 2 aromatic rings. The van der Waals surface area contributed by atoms with Crippen molar-refractivity contribution >= 4 is 11.6 Å². The second kappa shape index (κ2) is 9.81. The number of hydrogen-bond donors (Lipinski definition) is 3. The van der Waals surface area contributed by atoms with E-state index in [2.05, 4.69) is 26.6 Å². The Kier molecular flexibility index (Phi) is 6.93. The van der Waals surface area contributed by atoms with Crippen LogP contribution >= 0.6 is 0 Å². The van der Waals surface area contributed by atoms with Crippen LogP contribution in [0.25, 0.3) is 0 Å². The SMILES string of the molecule is CCNC(=NCC(O)c1ccco1)NC1CCCN(c2ccccc2C#N)C1. The first-order chi connectivity index (χ1) is 13.7. The predicted octanol–water partition coefficient (Wildman–Crippen LogP) is 2.41. The third-order valence-corrected chi connectivity index (χ3v) is 4.77. The fraction of sp³-hybridized carbons (Fsp3) is 0.429. The van der Waals surface area contributed by atoms with Crippen molar-refractivity contribution in [3.63, 3.8) is 0 Å². The summed E-state index contributed by atoms with van der Waals surface area (Å²) in [6.45, 7) is 4.69. The number of furan rings is 1. The zero-order valence-corrected chi connectivity index (χ0v) is 16.1. The number of aliphatic hydroxyl groups excluding tert-OH is 1. The number of aliphatic hydroxyl groups is 1. The van der Waals surface area contributed by atoms with E-state index in [0.29, 0.717) is 17.3 Å². The summed E-state index contributed by atoms with van der Waals surface area (Å²) in [4.78, 5) is 6.76. The van der Waals surface area contributed by atoms with Gasteiger partial charge in [0.1, 0.15) is 17.9 Å². The van der Waals surface area contributed by atoms with Crippen LogP contribution in [0, 0.1) is 11.3 Å². The lowest BCUT2D eigenvalue weighted by molar-refractivity contribution is 0.158. The average Bonchev–Trinajstić information content (AvgIpc) is 3.27. The lowest BCUT2D eigenvalue weighted by Gasteiger charge is -2.35. The smallest absolute Gasteiger partial charge is 0.191 e. The van der Waals surface area contributed by atoms with Gasteiger partial charge in [-0.2, -0.15) is 5.26 Å². The lowest BCUT2D eigenvalue weighted by atomic mass is 10.0. The molecule has 1 aliphatic rings. The monoisotopic (exact) mass is 381 g/mol. The van der Waals surface area contributed by atoms with Crippen molar-refractivity contribution in [2.75, 3.05) is 31.1 Å². The molecule has 1 fully saturated rings. The van der Waals surface area contributed by atoms with Crippen LogP contribution in [0.15, 0.2) is 52.1 Å². The Bertz CT molecular complexity index is 812. The Labute approximate surface area is 165 Å². The van der Waals surface area contributed by atoms with Gasteiger partial charge in [0.05, 0.1) is 24.1 Å². The van der Waals surface area contributed by atoms with Crippen molar-refractivity contribution in [2.45, 2.75) is 31.9 Å². The van der Waals surface area contributed by atoms with Crippen molar-refractivity contribution in [1.82, 2.24) is 10.6 Å². The minimum Gasteiger partial charge on any atom is -0.467 e. The van der Waals surface area contributed by atoms with Crippen LogP contribution in [-0.4, -0.2) is 43.3 Å². The highest BCUT2D eigenvalue weighted by atomic mass is 16.4. The second-order valence-electron chi connectivity index (χ2n) is 6.81. The molecule has 2 unspecified atom stereocenters. The topological polar surface area (TPSA) is 96.8 Å². The molecule has 1 aromatic carbocycles. The van der Waals surface area contributed by atoms with Gasteiger partial charge in [0.25, 0.3) is 0 Å². The van der Waals surface area contributed by atoms with Crippen molar-refractivity contribution < 1.29 is 9.52 Å². The molecule has 28 heavy (non-hydrogen) atoms. The van der Waals surface area contributed by atoms with Gasteiger partial charge in [0, 0.05) is 25.7 Å². The van der Waals surface area contributed by atoms with Gasteiger partial charge in [0.2, 0.25) is 0 Å². The van der Waals surface area contributed by atoms with Gasteiger partial charge in [-0.3, -0.25) is 4.99 Å². The summed E-state index contributed by atoms with van der Waals surface area (Å²) in [7, 11) is 0. The van der Waals surface area contributed by atoms with E-state index in [1.165, 1.54) is 0 Å². The van der Waals surface area contributed by atoms with Crippen LogP contribution in [0.3, 0.4) is 0 Å². The molecule has 3 N–H and O–H groups in total. The first-order valence-corrected chi connectivity index (χ1v) is 9.71. The maximum absolute atomic E-state index is 10.2. The molecule has 7 heteroatoms. The minimum absolute atomic E-state index is 0.207. The normalized spacial score (nSPS) is 18.4. The molecule has 1 aliphatic heterocycles. The first-order valence-electron chi connectivity index (χ1n) is 9.71.